The van der Waals surface area contributed by atoms with E-state index in [0.29, 0.717) is 24.4 Å². The predicted molar refractivity (Wildman–Crippen MR) is 125 cm³/mol. The number of rotatable bonds is 9. The first-order valence-electron chi connectivity index (χ1n) is 10.7. The van der Waals surface area contributed by atoms with Gasteiger partial charge >= 0.3 is 6.03 Å². The van der Waals surface area contributed by atoms with Gasteiger partial charge in [0.1, 0.15) is 0 Å². The molecule has 1 aromatic heterocycles. The molecule has 0 spiro atoms. The van der Waals surface area contributed by atoms with Crippen molar-refractivity contribution in [3.63, 3.8) is 0 Å². The standard InChI is InChI=1S/C23H36N4O4S/c1-17(2)27-20(15-26(12-13-31-7)21(28)25-23(4,5)6)14-24-22(27)32(29,30)16-19-10-8-18(3)9-11-19/h8-11,14,17H,12-13,15-16H2,1-7H3,(H,25,28). The number of amides is 2. The molecule has 8 nitrogen and oxygen atoms in total. The molecule has 0 radical (unpaired) electrons. The van der Waals surface area contributed by atoms with Gasteiger partial charge in [-0.15, -0.1) is 0 Å². The molecule has 0 fully saturated rings. The Hall–Kier alpha value is -2.39. The molecule has 0 atom stereocenters. The molecular formula is C23H36N4O4S. The number of benzene rings is 1. The number of sulfone groups is 1. The highest BCUT2D eigenvalue weighted by atomic mass is 32.2. The van der Waals surface area contributed by atoms with Crippen LogP contribution in [0, 0.1) is 6.92 Å². The number of urea groups is 1. The van der Waals surface area contributed by atoms with Gasteiger partial charge in [-0.25, -0.2) is 18.2 Å². The number of carbonyl (C=O) groups is 1. The molecule has 1 N–H and O–H groups in total. The highest BCUT2D eigenvalue weighted by molar-refractivity contribution is 7.90. The fraction of sp³-hybridized carbons (Fsp3) is 0.565. The van der Waals surface area contributed by atoms with Crippen LogP contribution in [0.25, 0.3) is 0 Å². The number of nitrogens with one attached hydrogen (secondary N) is 1. The van der Waals surface area contributed by atoms with Crippen LogP contribution in [0.4, 0.5) is 4.79 Å². The Kier molecular flexibility index (Phi) is 8.47. The molecular weight excluding hydrogens is 428 g/mol. The van der Waals surface area contributed by atoms with Crippen molar-refractivity contribution in [1.29, 1.82) is 0 Å². The average Bonchev–Trinajstić information content (AvgIpc) is 3.10. The van der Waals surface area contributed by atoms with E-state index in [1.807, 2.05) is 65.8 Å². The molecule has 9 heteroatoms. The monoisotopic (exact) mass is 464 g/mol. The van der Waals surface area contributed by atoms with E-state index in [0.717, 1.165) is 5.56 Å². The SMILES string of the molecule is COCCN(Cc1cnc(S(=O)(=O)Cc2ccc(C)cc2)n1C(C)C)C(=O)NC(C)(C)C. The van der Waals surface area contributed by atoms with Gasteiger partial charge in [0.25, 0.3) is 0 Å². The van der Waals surface area contributed by atoms with E-state index in [-0.39, 0.29) is 29.5 Å². The second-order valence-corrected chi connectivity index (χ2v) is 11.2. The maximum absolute atomic E-state index is 13.2. The lowest BCUT2D eigenvalue weighted by molar-refractivity contribution is 0.141. The van der Waals surface area contributed by atoms with Crippen molar-refractivity contribution >= 4 is 15.9 Å². The van der Waals surface area contributed by atoms with Gasteiger partial charge in [0.05, 0.1) is 30.8 Å². The lowest BCUT2D eigenvalue weighted by Crippen LogP contribution is -2.49. The molecule has 0 unspecified atom stereocenters. The molecule has 32 heavy (non-hydrogen) atoms. The zero-order valence-corrected chi connectivity index (χ0v) is 21.0. The minimum Gasteiger partial charge on any atom is -0.383 e. The van der Waals surface area contributed by atoms with E-state index in [1.165, 1.54) is 0 Å². The fourth-order valence-electron chi connectivity index (χ4n) is 3.29. The Balaban J connectivity index is 2.36. The van der Waals surface area contributed by atoms with Crippen LogP contribution < -0.4 is 5.32 Å². The molecule has 1 heterocycles. The second-order valence-electron chi connectivity index (χ2n) is 9.34. The first kappa shape index (κ1) is 25.9. The van der Waals surface area contributed by atoms with E-state index in [9.17, 15) is 13.2 Å². The number of methoxy groups -OCH3 is 1. The zero-order chi connectivity index (χ0) is 24.1. The Morgan fingerprint density at radius 1 is 1.22 bits per heavy atom. The number of ether oxygens (including phenoxy) is 1. The Morgan fingerprint density at radius 3 is 2.38 bits per heavy atom. The lowest BCUT2D eigenvalue weighted by atomic mass is 10.1. The maximum Gasteiger partial charge on any atom is 0.318 e. The van der Waals surface area contributed by atoms with Crippen LogP contribution in [0.15, 0.2) is 35.6 Å². The third-order valence-corrected chi connectivity index (χ3v) is 6.37. The van der Waals surface area contributed by atoms with E-state index in [1.54, 1.807) is 22.8 Å². The summed E-state index contributed by atoms with van der Waals surface area (Å²) in [5.74, 6) is -0.131. The summed E-state index contributed by atoms with van der Waals surface area (Å²) in [5.41, 5.74) is 2.04. The van der Waals surface area contributed by atoms with Crippen molar-refractivity contribution in [1.82, 2.24) is 19.8 Å². The molecule has 0 bridgehead atoms. The first-order chi connectivity index (χ1) is 14.8. The fourth-order valence-corrected chi connectivity index (χ4v) is 4.90. The second kappa shape index (κ2) is 10.5. The van der Waals surface area contributed by atoms with Crippen molar-refractivity contribution in [2.75, 3.05) is 20.3 Å². The van der Waals surface area contributed by atoms with Crippen LogP contribution in [-0.4, -0.2) is 54.7 Å². The van der Waals surface area contributed by atoms with Gasteiger partial charge in [-0.05, 0) is 47.1 Å². The van der Waals surface area contributed by atoms with Gasteiger partial charge in [-0.1, -0.05) is 29.8 Å². The van der Waals surface area contributed by atoms with Crippen molar-refractivity contribution in [2.45, 2.75) is 70.6 Å². The quantitative estimate of drug-likeness (QED) is 0.611. The van der Waals surface area contributed by atoms with E-state index in [2.05, 4.69) is 10.3 Å². The molecule has 178 valence electrons. The molecule has 0 aliphatic rings. The van der Waals surface area contributed by atoms with Crippen LogP contribution in [0.3, 0.4) is 0 Å². The molecule has 1 aromatic carbocycles. The van der Waals surface area contributed by atoms with Crippen molar-refractivity contribution in [3.05, 3.63) is 47.3 Å². The van der Waals surface area contributed by atoms with Gasteiger partial charge in [0, 0.05) is 25.2 Å². The minimum absolute atomic E-state index is 0.0194. The van der Waals surface area contributed by atoms with Crippen LogP contribution in [0.2, 0.25) is 0 Å². The maximum atomic E-state index is 13.2. The summed E-state index contributed by atoms with van der Waals surface area (Å²) in [5, 5.41) is 2.97. The summed E-state index contributed by atoms with van der Waals surface area (Å²) in [4.78, 5) is 18.7. The van der Waals surface area contributed by atoms with Gasteiger partial charge in [0.2, 0.25) is 15.0 Å². The van der Waals surface area contributed by atoms with Gasteiger partial charge in [-0.2, -0.15) is 0 Å². The summed E-state index contributed by atoms with van der Waals surface area (Å²) < 4.78 is 33.3. The summed E-state index contributed by atoms with van der Waals surface area (Å²) in [6.45, 7) is 12.5. The highest BCUT2D eigenvalue weighted by Crippen LogP contribution is 2.23. The number of imidazole rings is 1. The Bertz CT molecular complexity index is 1010. The summed E-state index contributed by atoms with van der Waals surface area (Å²) in [6.07, 6.45) is 1.55. The van der Waals surface area contributed by atoms with E-state index >= 15 is 0 Å². The molecule has 2 amide bonds. The summed E-state index contributed by atoms with van der Waals surface area (Å²) >= 11 is 0. The van der Waals surface area contributed by atoms with E-state index < -0.39 is 15.4 Å². The molecule has 2 aromatic rings. The van der Waals surface area contributed by atoms with Crippen LogP contribution in [0.5, 0.6) is 0 Å². The normalized spacial score (nSPS) is 12.2. The van der Waals surface area contributed by atoms with E-state index in [4.69, 9.17) is 4.74 Å². The number of hydrogen-bond acceptors (Lipinski definition) is 5. The topological polar surface area (TPSA) is 93.5 Å². The minimum atomic E-state index is -3.67. The number of nitrogens with zero attached hydrogens (tertiary/aromatic N) is 3. The van der Waals surface area contributed by atoms with Crippen LogP contribution in [-0.2, 0) is 26.9 Å². The number of hydrogen-bond donors (Lipinski definition) is 1. The summed E-state index contributed by atoms with van der Waals surface area (Å²) in [6, 6.07) is 7.04. The molecule has 0 saturated heterocycles. The molecule has 2 rings (SSSR count). The van der Waals surface area contributed by atoms with Crippen molar-refractivity contribution in [3.8, 4) is 0 Å². The number of aryl methyl sites for hydroxylation is 1. The first-order valence-corrected chi connectivity index (χ1v) is 12.4. The number of aromatic nitrogens is 2. The van der Waals surface area contributed by atoms with Crippen LogP contribution >= 0.6 is 0 Å². The van der Waals surface area contributed by atoms with Gasteiger partial charge in [-0.3, -0.25) is 0 Å². The third kappa shape index (κ3) is 7.06. The van der Waals surface area contributed by atoms with Gasteiger partial charge < -0.3 is 19.5 Å². The van der Waals surface area contributed by atoms with Gasteiger partial charge in [0.15, 0.2) is 0 Å². The Labute approximate surface area is 191 Å². The number of carbonyl (C=O) groups excluding carboxylic acids is 1. The summed E-state index contributed by atoms with van der Waals surface area (Å²) in [7, 11) is -2.10. The predicted octanol–water partition coefficient (Wildman–Crippen LogP) is 3.70. The van der Waals surface area contributed by atoms with Crippen molar-refractivity contribution < 1.29 is 17.9 Å². The Morgan fingerprint density at radius 2 is 1.84 bits per heavy atom. The highest BCUT2D eigenvalue weighted by Gasteiger charge is 2.27. The molecule has 0 aliphatic heterocycles. The van der Waals surface area contributed by atoms with Crippen LogP contribution in [0.1, 0.15) is 57.5 Å². The molecule has 0 saturated carbocycles. The average molecular weight is 465 g/mol. The largest absolute Gasteiger partial charge is 0.383 e. The van der Waals surface area contributed by atoms with Crippen molar-refractivity contribution in [2.24, 2.45) is 0 Å². The molecule has 0 aliphatic carbocycles. The smallest absolute Gasteiger partial charge is 0.318 e. The zero-order valence-electron chi connectivity index (χ0n) is 20.2. The third-order valence-electron chi connectivity index (χ3n) is 4.80. The lowest BCUT2D eigenvalue weighted by Gasteiger charge is -2.29.